The van der Waals surface area contributed by atoms with Gasteiger partial charge in [0.2, 0.25) is 5.76 Å². The fourth-order valence-corrected chi connectivity index (χ4v) is 4.78. The molecule has 1 atom stereocenters. The molecule has 2 heterocycles. The number of rotatable bonds is 7. The van der Waals surface area contributed by atoms with Gasteiger partial charge < -0.3 is 13.9 Å². The van der Waals surface area contributed by atoms with Gasteiger partial charge in [-0.3, -0.25) is 14.5 Å². The van der Waals surface area contributed by atoms with E-state index in [0.717, 1.165) is 18.4 Å². The van der Waals surface area contributed by atoms with E-state index < -0.39 is 6.04 Å². The molecule has 4 aromatic rings. The molecule has 3 aromatic carbocycles. The van der Waals surface area contributed by atoms with Crippen molar-refractivity contribution in [2.75, 3.05) is 18.6 Å². The number of hydrogen-bond acceptors (Lipinski definition) is 5. The molecule has 0 saturated carbocycles. The molecule has 0 saturated heterocycles. The molecule has 1 amide bonds. The standard InChI is InChI=1S/C29H26ClNO5/c1-4-5-13-35-23-11-9-18(15-24(23)34-3)26-25-27(32)21-16-19(30)10-12-22(21)36-28(25)29(33)31(26)20-8-6-7-17(2)14-20/h6-12,14-16,26H,4-5,13H2,1-3H3. The molecule has 6 nitrogen and oxygen atoms in total. The van der Waals surface area contributed by atoms with Crippen LogP contribution in [-0.4, -0.2) is 19.6 Å². The molecule has 1 aliphatic heterocycles. The number of ether oxygens (including phenoxy) is 2. The van der Waals surface area contributed by atoms with Crippen molar-refractivity contribution in [1.29, 1.82) is 0 Å². The van der Waals surface area contributed by atoms with Crippen molar-refractivity contribution in [2.45, 2.75) is 32.7 Å². The third-order valence-electron chi connectivity index (χ3n) is 6.37. The molecule has 5 rings (SSSR count). The van der Waals surface area contributed by atoms with Crippen LogP contribution in [0.1, 0.15) is 53.1 Å². The Morgan fingerprint density at radius 2 is 1.86 bits per heavy atom. The summed E-state index contributed by atoms with van der Waals surface area (Å²) in [7, 11) is 1.57. The highest BCUT2D eigenvalue weighted by molar-refractivity contribution is 6.31. The van der Waals surface area contributed by atoms with Crippen LogP contribution in [0.25, 0.3) is 11.0 Å². The molecule has 1 unspecified atom stereocenters. The summed E-state index contributed by atoms with van der Waals surface area (Å²) in [5, 5.41) is 0.748. The van der Waals surface area contributed by atoms with E-state index in [1.165, 1.54) is 0 Å². The molecule has 0 radical (unpaired) electrons. The first kappa shape index (κ1) is 23.9. The van der Waals surface area contributed by atoms with Gasteiger partial charge in [0, 0.05) is 10.7 Å². The first-order valence-electron chi connectivity index (χ1n) is 11.9. The third kappa shape index (κ3) is 4.11. The van der Waals surface area contributed by atoms with Crippen LogP contribution in [0.2, 0.25) is 5.02 Å². The Balaban J connectivity index is 1.72. The minimum absolute atomic E-state index is 0.0311. The van der Waals surface area contributed by atoms with Gasteiger partial charge in [-0.05, 0) is 66.9 Å². The Kier molecular flexibility index (Phi) is 6.46. The van der Waals surface area contributed by atoms with Crippen molar-refractivity contribution in [3.8, 4) is 11.5 Å². The van der Waals surface area contributed by atoms with Crippen molar-refractivity contribution in [2.24, 2.45) is 0 Å². The largest absolute Gasteiger partial charge is 0.493 e. The van der Waals surface area contributed by atoms with Gasteiger partial charge in [0.05, 0.1) is 30.7 Å². The molecule has 1 aromatic heterocycles. The van der Waals surface area contributed by atoms with Gasteiger partial charge in [-0.1, -0.05) is 43.1 Å². The second-order valence-corrected chi connectivity index (χ2v) is 9.28. The topological polar surface area (TPSA) is 69.0 Å². The fraction of sp³-hybridized carbons (Fsp3) is 0.241. The first-order chi connectivity index (χ1) is 17.4. The molecular formula is C29H26ClNO5. The van der Waals surface area contributed by atoms with Crippen LogP contribution in [0.4, 0.5) is 5.69 Å². The molecule has 0 bridgehead atoms. The number of anilines is 1. The average molecular weight is 504 g/mol. The first-order valence-corrected chi connectivity index (χ1v) is 12.3. The molecule has 1 aliphatic rings. The molecule has 0 fully saturated rings. The second-order valence-electron chi connectivity index (χ2n) is 8.84. The van der Waals surface area contributed by atoms with Crippen LogP contribution in [0.3, 0.4) is 0 Å². The number of aryl methyl sites for hydroxylation is 1. The Labute approximate surface area is 214 Å². The maximum absolute atomic E-state index is 13.8. The third-order valence-corrected chi connectivity index (χ3v) is 6.61. The molecule has 0 aliphatic carbocycles. The highest BCUT2D eigenvalue weighted by atomic mass is 35.5. The van der Waals surface area contributed by atoms with Gasteiger partial charge in [0.25, 0.3) is 5.91 Å². The van der Waals surface area contributed by atoms with E-state index in [1.54, 1.807) is 30.2 Å². The Hall–Kier alpha value is -3.77. The molecular weight excluding hydrogens is 478 g/mol. The molecule has 0 N–H and O–H groups in total. The van der Waals surface area contributed by atoms with Crippen molar-refractivity contribution in [3.63, 3.8) is 0 Å². The van der Waals surface area contributed by atoms with Gasteiger partial charge in [-0.2, -0.15) is 0 Å². The predicted molar refractivity (Wildman–Crippen MR) is 141 cm³/mol. The van der Waals surface area contributed by atoms with Gasteiger partial charge >= 0.3 is 0 Å². The Morgan fingerprint density at radius 1 is 1.03 bits per heavy atom. The summed E-state index contributed by atoms with van der Waals surface area (Å²) in [5.41, 5.74) is 2.67. The maximum atomic E-state index is 13.8. The summed E-state index contributed by atoms with van der Waals surface area (Å²) in [5.74, 6) is 0.793. The number of halogens is 1. The summed E-state index contributed by atoms with van der Waals surface area (Å²) >= 11 is 6.19. The average Bonchev–Trinajstić information content (AvgIpc) is 3.17. The molecule has 184 valence electrons. The monoisotopic (exact) mass is 503 g/mol. The quantitative estimate of drug-likeness (QED) is 0.263. The predicted octanol–water partition coefficient (Wildman–Crippen LogP) is 6.69. The minimum atomic E-state index is -0.715. The highest BCUT2D eigenvalue weighted by Crippen LogP contribution is 2.43. The van der Waals surface area contributed by atoms with Gasteiger partial charge in [0.1, 0.15) is 5.58 Å². The summed E-state index contributed by atoms with van der Waals surface area (Å²) < 4.78 is 17.5. The van der Waals surface area contributed by atoms with Crippen molar-refractivity contribution in [3.05, 3.63) is 98.4 Å². The van der Waals surface area contributed by atoms with Crippen LogP contribution in [-0.2, 0) is 0 Å². The number of carbonyl (C=O) groups is 1. The number of fused-ring (bicyclic) bond motifs is 2. The van der Waals surface area contributed by atoms with E-state index in [0.29, 0.717) is 45.3 Å². The minimum Gasteiger partial charge on any atom is -0.493 e. The van der Waals surface area contributed by atoms with E-state index in [4.69, 9.17) is 25.5 Å². The number of amides is 1. The molecule has 36 heavy (non-hydrogen) atoms. The van der Waals surface area contributed by atoms with E-state index in [2.05, 4.69) is 6.92 Å². The number of unbranched alkanes of at least 4 members (excludes halogenated alkanes) is 1. The normalized spacial score (nSPS) is 14.8. The maximum Gasteiger partial charge on any atom is 0.295 e. The number of hydrogen-bond donors (Lipinski definition) is 0. The zero-order valence-electron chi connectivity index (χ0n) is 20.3. The van der Waals surface area contributed by atoms with E-state index in [1.807, 2.05) is 49.4 Å². The summed E-state index contributed by atoms with van der Waals surface area (Å²) in [4.78, 5) is 29.2. The lowest BCUT2D eigenvalue weighted by atomic mass is 9.97. The fourth-order valence-electron chi connectivity index (χ4n) is 4.60. The van der Waals surface area contributed by atoms with Crippen LogP contribution in [0.5, 0.6) is 11.5 Å². The number of benzene rings is 3. The number of methoxy groups -OCH3 is 1. The van der Waals surface area contributed by atoms with Gasteiger partial charge in [-0.15, -0.1) is 0 Å². The molecule has 0 spiro atoms. The highest BCUT2D eigenvalue weighted by Gasteiger charge is 2.44. The zero-order valence-corrected chi connectivity index (χ0v) is 21.1. The SMILES string of the molecule is CCCCOc1ccc(C2c3c(oc4ccc(Cl)cc4c3=O)C(=O)N2c2cccc(C)c2)cc1OC. The smallest absolute Gasteiger partial charge is 0.295 e. The number of nitrogens with zero attached hydrogens (tertiary/aromatic N) is 1. The van der Waals surface area contributed by atoms with Crippen LogP contribution in [0.15, 0.2) is 69.9 Å². The number of carbonyl (C=O) groups excluding carboxylic acids is 1. The Bertz CT molecular complexity index is 1530. The zero-order chi connectivity index (χ0) is 25.4. The van der Waals surface area contributed by atoms with Crippen LogP contribution >= 0.6 is 11.6 Å². The van der Waals surface area contributed by atoms with Gasteiger partial charge in [0.15, 0.2) is 16.9 Å². The van der Waals surface area contributed by atoms with Crippen molar-refractivity contribution < 1.29 is 18.7 Å². The molecule has 7 heteroatoms. The van der Waals surface area contributed by atoms with Crippen LogP contribution < -0.4 is 19.8 Å². The van der Waals surface area contributed by atoms with Crippen molar-refractivity contribution in [1.82, 2.24) is 0 Å². The summed E-state index contributed by atoms with van der Waals surface area (Å²) in [6, 6.07) is 17.2. The lowest BCUT2D eigenvalue weighted by Crippen LogP contribution is -2.29. The van der Waals surface area contributed by atoms with Crippen molar-refractivity contribution >= 4 is 34.2 Å². The summed E-state index contributed by atoms with van der Waals surface area (Å²) in [6.45, 7) is 4.63. The van der Waals surface area contributed by atoms with E-state index >= 15 is 0 Å². The van der Waals surface area contributed by atoms with Gasteiger partial charge in [-0.25, -0.2) is 0 Å². The Morgan fingerprint density at radius 3 is 2.61 bits per heavy atom. The second kappa shape index (κ2) is 9.70. The lowest BCUT2D eigenvalue weighted by Gasteiger charge is -2.26. The van der Waals surface area contributed by atoms with Crippen LogP contribution in [0, 0.1) is 6.92 Å². The lowest BCUT2D eigenvalue weighted by molar-refractivity contribution is 0.0971. The summed E-state index contributed by atoms with van der Waals surface area (Å²) in [6.07, 6.45) is 1.94. The van der Waals surface area contributed by atoms with E-state index in [9.17, 15) is 9.59 Å². The van der Waals surface area contributed by atoms with E-state index in [-0.39, 0.29) is 22.7 Å².